The van der Waals surface area contributed by atoms with Crippen LogP contribution in [0.1, 0.15) is 41.6 Å². The maximum atomic E-state index is 11.7. The van der Waals surface area contributed by atoms with Crippen LogP contribution in [0.25, 0.3) is 0 Å². The predicted octanol–water partition coefficient (Wildman–Crippen LogP) is 0.969. The molecule has 0 aliphatic heterocycles. The highest BCUT2D eigenvalue weighted by atomic mass is 16.2. The third kappa shape index (κ3) is 3.86. The first-order valence-electron chi connectivity index (χ1n) is 5.34. The summed E-state index contributed by atoms with van der Waals surface area (Å²) in [6.07, 6.45) is 1.39. The second-order valence-electron chi connectivity index (χ2n) is 4.72. The number of hydrogen-bond acceptors (Lipinski definition) is 3. The first-order valence-corrected chi connectivity index (χ1v) is 5.34. The highest BCUT2D eigenvalue weighted by Gasteiger charge is 2.16. The molecule has 0 spiro atoms. The lowest BCUT2D eigenvalue weighted by Crippen LogP contribution is -2.40. The lowest BCUT2D eigenvalue weighted by atomic mass is 10.1. The van der Waals surface area contributed by atoms with Gasteiger partial charge in [0.15, 0.2) is 0 Å². The van der Waals surface area contributed by atoms with E-state index in [1.807, 2.05) is 20.8 Å². The lowest BCUT2D eigenvalue weighted by Gasteiger charge is -2.20. The molecule has 0 saturated heterocycles. The second kappa shape index (κ2) is 4.95. The molecule has 0 fully saturated rings. The third-order valence-corrected chi connectivity index (χ3v) is 1.97. The van der Waals surface area contributed by atoms with Crippen LogP contribution < -0.4 is 10.6 Å². The quantitative estimate of drug-likeness (QED) is 0.802. The molecule has 5 nitrogen and oxygen atoms in total. The van der Waals surface area contributed by atoms with Gasteiger partial charge in [0, 0.05) is 18.8 Å². The molecule has 1 aromatic heterocycles. The Hall–Kier alpha value is -1.91. The molecule has 0 unspecified atom stereocenters. The minimum absolute atomic E-state index is 0.222. The Balaban J connectivity index is 2.81. The standard InChI is InChI=1S/C12H17N3O2/c1-12(2,3)15-11(17)9-6-5-8(7-14-9)10(16)13-4/h5-7H,1-4H3,(H,13,16)(H,15,17). The van der Waals surface area contributed by atoms with Crippen LogP contribution in [-0.2, 0) is 0 Å². The van der Waals surface area contributed by atoms with Gasteiger partial charge in [0.25, 0.3) is 11.8 Å². The minimum Gasteiger partial charge on any atom is -0.355 e. The van der Waals surface area contributed by atoms with Crippen LogP contribution in [-0.4, -0.2) is 29.4 Å². The van der Waals surface area contributed by atoms with E-state index in [-0.39, 0.29) is 17.4 Å². The number of aromatic nitrogens is 1. The van der Waals surface area contributed by atoms with E-state index in [1.54, 1.807) is 13.1 Å². The van der Waals surface area contributed by atoms with Gasteiger partial charge in [0.05, 0.1) is 5.56 Å². The molecule has 0 atom stereocenters. The van der Waals surface area contributed by atoms with Crippen molar-refractivity contribution in [2.75, 3.05) is 7.05 Å². The van der Waals surface area contributed by atoms with Crippen molar-refractivity contribution in [1.82, 2.24) is 15.6 Å². The second-order valence-corrected chi connectivity index (χ2v) is 4.72. The van der Waals surface area contributed by atoms with E-state index in [0.717, 1.165) is 0 Å². The molecule has 0 radical (unpaired) electrons. The molecule has 2 N–H and O–H groups in total. The van der Waals surface area contributed by atoms with Gasteiger partial charge >= 0.3 is 0 Å². The number of nitrogens with one attached hydrogen (secondary N) is 2. The van der Waals surface area contributed by atoms with Gasteiger partial charge in [-0.05, 0) is 32.9 Å². The van der Waals surface area contributed by atoms with E-state index in [4.69, 9.17) is 0 Å². The number of carbonyl (C=O) groups excluding carboxylic acids is 2. The monoisotopic (exact) mass is 235 g/mol. The van der Waals surface area contributed by atoms with Gasteiger partial charge < -0.3 is 10.6 Å². The van der Waals surface area contributed by atoms with Gasteiger partial charge in [-0.1, -0.05) is 0 Å². The summed E-state index contributed by atoms with van der Waals surface area (Å²) in [7, 11) is 1.54. The van der Waals surface area contributed by atoms with Crippen molar-refractivity contribution >= 4 is 11.8 Å². The normalized spacial score (nSPS) is 10.8. The van der Waals surface area contributed by atoms with E-state index < -0.39 is 0 Å². The summed E-state index contributed by atoms with van der Waals surface area (Å²) in [4.78, 5) is 27.0. The Kier molecular flexibility index (Phi) is 3.83. The van der Waals surface area contributed by atoms with Crippen molar-refractivity contribution in [1.29, 1.82) is 0 Å². The number of nitrogens with zero attached hydrogens (tertiary/aromatic N) is 1. The molecule has 0 aromatic carbocycles. The molecular weight excluding hydrogens is 218 g/mol. The average molecular weight is 235 g/mol. The molecule has 0 aliphatic carbocycles. The SMILES string of the molecule is CNC(=O)c1ccc(C(=O)NC(C)(C)C)nc1. The number of rotatable bonds is 2. The Morgan fingerprint density at radius 1 is 1.18 bits per heavy atom. The summed E-state index contributed by atoms with van der Waals surface area (Å²) >= 11 is 0. The van der Waals surface area contributed by atoms with E-state index in [9.17, 15) is 9.59 Å². The van der Waals surface area contributed by atoms with Gasteiger partial charge in [-0.3, -0.25) is 14.6 Å². The van der Waals surface area contributed by atoms with Crippen molar-refractivity contribution in [3.63, 3.8) is 0 Å². The zero-order valence-corrected chi connectivity index (χ0v) is 10.5. The predicted molar refractivity (Wildman–Crippen MR) is 64.8 cm³/mol. The number of amides is 2. The zero-order valence-electron chi connectivity index (χ0n) is 10.5. The Bertz CT molecular complexity index is 418. The lowest BCUT2D eigenvalue weighted by molar-refractivity contribution is 0.0911. The molecule has 92 valence electrons. The first-order chi connectivity index (χ1) is 7.83. The third-order valence-electron chi connectivity index (χ3n) is 1.97. The smallest absolute Gasteiger partial charge is 0.270 e. The summed E-state index contributed by atoms with van der Waals surface area (Å²) in [5.41, 5.74) is 0.422. The van der Waals surface area contributed by atoms with Gasteiger partial charge in [0.1, 0.15) is 5.69 Å². The average Bonchev–Trinajstić information content (AvgIpc) is 2.26. The van der Waals surface area contributed by atoms with Gasteiger partial charge in [-0.15, -0.1) is 0 Å². The Labute approximate surface area is 101 Å². The molecule has 0 aliphatic rings. The Morgan fingerprint density at radius 2 is 1.82 bits per heavy atom. The fourth-order valence-corrected chi connectivity index (χ4v) is 1.21. The molecule has 17 heavy (non-hydrogen) atoms. The highest BCUT2D eigenvalue weighted by molar-refractivity contribution is 5.96. The van der Waals surface area contributed by atoms with Crippen molar-refractivity contribution in [2.24, 2.45) is 0 Å². The number of hydrogen-bond donors (Lipinski definition) is 2. The minimum atomic E-state index is -0.307. The molecule has 0 saturated carbocycles. The number of carbonyl (C=O) groups is 2. The van der Waals surface area contributed by atoms with E-state index >= 15 is 0 Å². The van der Waals surface area contributed by atoms with Crippen LogP contribution >= 0.6 is 0 Å². The van der Waals surface area contributed by atoms with E-state index in [2.05, 4.69) is 15.6 Å². The summed E-state index contributed by atoms with van der Waals surface area (Å²) in [5, 5.41) is 5.28. The summed E-state index contributed by atoms with van der Waals surface area (Å²) in [6.45, 7) is 5.68. The van der Waals surface area contributed by atoms with Crippen molar-refractivity contribution in [2.45, 2.75) is 26.3 Å². The maximum Gasteiger partial charge on any atom is 0.270 e. The van der Waals surface area contributed by atoms with Crippen molar-refractivity contribution < 1.29 is 9.59 Å². The van der Waals surface area contributed by atoms with Crippen LogP contribution in [0.15, 0.2) is 18.3 Å². The molecular formula is C12H17N3O2. The van der Waals surface area contributed by atoms with Crippen molar-refractivity contribution in [3.8, 4) is 0 Å². The molecule has 1 heterocycles. The van der Waals surface area contributed by atoms with Crippen molar-refractivity contribution in [3.05, 3.63) is 29.6 Å². The van der Waals surface area contributed by atoms with E-state index in [1.165, 1.54) is 12.3 Å². The molecule has 1 rings (SSSR count). The van der Waals surface area contributed by atoms with Gasteiger partial charge in [-0.25, -0.2) is 0 Å². The van der Waals surface area contributed by atoms with E-state index in [0.29, 0.717) is 11.3 Å². The summed E-state index contributed by atoms with van der Waals surface area (Å²) in [6, 6.07) is 3.11. The fourth-order valence-electron chi connectivity index (χ4n) is 1.21. The molecule has 1 aromatic rings. The number of pyridine rings is 1. The van der Waals surface area contributed by atoms with Crippen LogP contribution in [0.5, 0.6) is 0 Å². The Morgan fingerprint density at radius 3 is 2.24 bits per heavy atom. The van der Waals surface area contributed by atoms with Gasteiger partial charge in [0.2, 0.25) is 0 Å². The van der Waals surface area contributed by atoms with Crippen LogP contribution in [0.3, 0.4) is 0 Å². The summed E-state index contributed by atoms with van der Waals surface area (Å²) < 4.78 is 0. The zero-order chi connectivity index (χ0) is 13.1. The maximum absolute atomic E-state index is 11.7. The van der Waals surface area contributed by atoms with Gasteiger partial charge in [-0.2, -0.15) is 0 Å². The molecule has 5 heteroatoms. The van der Waals surface area contributed by atoms with Crippen LogP contribution in [0, 0.1) is 0 Å². The molecule has 2 amide bonds. The fraction of sp³-hybridized carbons (Fsp3) is 0.417. The topological polar surface area (TPSA) is 71.1 Å². The first kappa shape index (κ1) is 13.2. The molecule has 0 bridgehead atoms. The van der Waals surface area contributed by atoms with Crippen LogP contribution in [0.2, 0.25) is 0 Å². The highest BCUT2D eigenvalue weighted by Crippen LogP contribution is 2.04. The summed E-state index contributed by atoms with van der Waals surface area (Å²) in [5.74, 6) is -0.471. The van der Waals surface area contributed by atoms with Crippen LogP contribution in [0.4, 0.5) is 0 Å². The largest absolute Gasteiger partial charge is 0.355 e.